The number of hydrogen-bond donors (Lipinski definition) is 1. The Morgan fingerprint density at radius 3 is 2.50 bits per heavy atom. The number of piperazine rings is 1. The molecule has 1 saturated heterocycles. The summed E-state index contributed by atoms with van der Waals surface area (Å²) in [7, 11) is 1.72. The minimum Gasteiger partial charge on any atom is -0.495 e. The van der Waals surface area contributed by atoms with Gasteiger partial charge in [0.25, 0.3) is 0 Å². The summed E-state index contributed by atoms with van der Waals surface area (Å²) in [6.07, 6.45) is 7.33. The first kappa shape index (κ1) is 23.1. The molecule has 6 rings (SSSR count). The van der Waals surface area contributed by atoms with Gasteiger partial charge in [-0.25, -0.2) is 9.97 Å². The number of carbonyl (C=O) groups excluding carboxylic acids is 1. The van der Waals surface area contributed by atoms with Gasteiger partial charge in [-0.3, -0.25) is 4.79 Å². The first-order valence-electron chi connectivity index (χ1n) is 13.3. The lowest BCUT2D eigenvalue weighted by molar-refractivity contribution is -0.123. The minimum atomic E-state index is 0.181. The third-order valence-electron chi connectivity index (χ3n) is 8.41. The predicted molar refractivity (Wildman–Crippen MR) is 142 cm³/mol. The molecule has 1 aliphatic heterocycles. The van der Waals surface area contributed by atoms with Crippen LogP contribution in [0.2, 0.25) is 0 Å². The maximum Gasteiger partial charge on any atom is 0.224 e. The Labute approximate surface area is 212 Å². The zero-order valence-corrected chi connectivity index (χ0v) is 21.1. The number of aromatic nitrogens is 2. The number of para-hydroxylation sites is 3. The smallest absolute Gasteiger partial charge is 0.224 e. The van der Waals surface area contributed by atoms with Gasteiger partial charge >= 0.3 is 0 Å². The fraction of sp³-hybridized carbons (Fsp3) is 0.483. The van der Waals surface area contributed by atoms with Gasteiger partial charge in [-0.15, -0.1) is 0 Å². The first-order valence-corrected chi connectivity index (χ1v) is 13.3. The maximum atomic E-state index is 12.9. The zero-order chi connectivity index (χ0) is 24.5. The van der Waals surface area contributed by atoms with Crippen molar-refractivity contribution in [2.45, 2.75) is 45.1 Å². The highest BCUT2D eigenvalue weighted by molar-refractivity contribution is 5.89. The van der Waals surface area contributed by atoms with E-state index in [0.29, 0.717) is 17.8 Å². The molecule has 1 atom stereocenters. The summed E-state index contributed by atoms with van der Waals surface area (Å²) in [4.78, 5) is 27.4. The van der Waals surface area contributed by atoms with Crippen molar-refractivity contribution >= 4 is 28.3 Å². The summed E-state index contributed by atoms with van der Waals surface area (Å²) < 4.78 is 5.58. The molecule has 2 heterocycles. The molecule has 2 aliphatic carbocycles. The average Bonchev–Trinajstić information content (AvgIpc) is 3.64. The van der Waals surface area contributed by atoms with Gasteiger partial charge in [0, 0.05) is 37.5 Å². The van der Waals surface area contributed by atoms with Crippen molar-refractivity contribution < 1.29 is 9.53 Å². The van der Waals surface area contributed by atoms with Crippen LogP contribution in [0.5, 0.6) is 5.75 Å². The molecule has 188 valence electrons. The lowest BCUT2D eigenvalue weighted by Crippen LogP contribution is -2.47. The Balaban J connectivity index is 1.16. The third kappa shape index (κ3) is 4.36. The number of anilines is 2. The van der Waals surface area contributed by atoms with Gasteiger partial charge in [0.1, 0.15) is 11.6 Å². The van der Waals surface area contributed by atoms with Crippen molar-refractivity contribution in [3.8, 4) is 5.75 Å². The van der Waals surface area contributed by atoms with Crippen LogP contribution >= 0.6 is 0 Å². The van der Waals surface area contributed by atoms with Gasteiger partial charge in [0.15, 0.2) is 5.82 Å². The standard InChI is InChI=1S/C29H35N5O2/c1-36-25-12-6-5-11-24(25)33-15-17-34(18-16-33)27-21-9-3-4-10-23(21)31-26(32-27)20-30-28(35)22-19-29(22)13-7-2-8-14-29/h3-6,9-12,22H,2,7-8,13-20H2,1H3,(H,30,35). The van der Waals surface area contributed by atoms with E-state index in [0.717, 1.165) is 60.8 Å². The predicted octanol–water partition coefficient (Wildman–Crippen LogP) is 4.55. The molecule has 36 heavy (non-hydrogen) atoms. The number of methoxy groups -OCH3 is 1. The molecule has 1 aromatic heterocycles. The number of fused-ring (bicyclic) bond motifs is 1. The van der Waals surface area contributed by atoms with Crippen LogP contribution in [0.1, 0.15) is 44.3 Å². The molecule has 0 radical (unpaired) electrons. The highest BCUT2D eigenvalue weighted by atomic mass is 16.5. The second-order valence-electron chi connectivity index (χ2n) is 10.5. The largest absolute Gasteiger partial charge is 0.495 e. The summed E-state index contributed by atoms with van der Waals surface area (Å²) in [5.41, 5.74) is 2.35. The van der Waals surface area contributed by atoms with Crippen LogP contribution in [-0.4, -0.2) is 49.2 Å². The quantitative estimate of drug-likeness (QED) is 0.552. The van der Waals surface area contributed by atoms with Crippen molar-refractivity contribution in [2.75, 3.05) is 43.1 Å². The summed E-state index contributed by atoms with van der Waals surface area (Å²) in [6, 6.07) is 16.4. The number of ether oxygens (including phenoxy) is 1. The minimum absolute atomic E-state index is 0.181. The molecule has 7 heteroatoms. The van der Waals surface area contributed by atoms with Crippen LogP contribution in [0, 0.1) is 11.3 Å². The van der Waals surface area contributed by atoms with E-state index in [1.807, 2.05) is 30.3 Å². The fourth-order valence-electron chi connectivity index (χ4n) is 6.29. The van der Waals surface area contributed by atoms with Gasteiger partial charge in [0.05, 0.1) is 24.9 Å². The van der Waals surface area contributed by atoms with Gasteiger partial charge in [-0.1, -0.05) is 43.5 Å². The Kier molecular flexibility index (Phi) is 6.15. The van der Waals surface area contributed by atoms with Crippen molar-refractivity contribution in [3.63, 3.8) is 0 Å². The summed E-state index contributed by atoms with van der Waals surface area (Å²) in [5.74, 6) is 2.91. The van der Waals surface area contributed by atoms with E-state index in [2.05, 4.69) is 33.3 Å². The monoisotopic (exact) mass is 485 g/mol. The van der Waals surface area contributed by atoms with E-state index < -0.39 is 0 Å². The molecule has 1 unspecified atom stereocenters. The highest BCUT2D eigenvalue weighted by Gasteiger charge is 2.57. The van der Waals surface area contributed by atoms with Crippen LogP contribution in [0.25, 0.3) is 10.9 Å². The number of carbonyl (C=O) groups is 1. The van der Waals surface area contributed by atoms with Crippen LogP contribution in [0.4, 0.5) is 11.5 Å². The number of rotatable bonds is 6. The van der Waals surface area contributed by atoms with Gasteiger partial charge in [-0.05, 0) is 48.9 Å². The highest BCUT2D eigenvalue weighted by Crippen LogP contribution is 2.61. The van der Waals surface area contributed by atoms with Crippen LogP contribution in [0.3, 0.4) is 0 Å². The van der Waals surface area contributed by atoms with Gasteiger partial charge < -0.3 is 19.9 Å². The lowest BCUT2D eigenvalue weighted by atomic mass is 9.84. The lowest BCUT2D eigenvalue weighted by Gasteiger charge is -2.37. The average molecular weight is 486 g/mol. The van der Waals surface area contributed by atoms with Crippen LogP contribution in [-0.2, 0) is 11.3 Å². The van der Waals surface area contributed by atoms with E-state index in [1.54, 1.807) is 7.11 Å². The van der Waals surface area contributed by atoms with Gasteiger partial charge in [-0.2, -0.15) is 0 Å². The van der Waals surface area contributed by atoms with Crippen molar-refractivity contribution in [1.29, 1.82) is 0 Å². The number of nitrogens with zero attached hydrogens (tertiary/aromatic N) is 4. The number of amides is 1. The van der Waals surface area contributed by atoms with E-state index in [-0.39, 0.29) is 11.8 Å². The third-order valence-corrected chi connectivity index (χ3v) is 8.41. The molecule has 7 nitrogen and oxygen atoms in total. The molecule has 3 aliphatic rings. The normalized spacial score (nSPS) is 21.0. The fourth-order valence-corrected chi connectivity index (χ4v) is 6.29. The second-order valence-corrected chi connectivity index (χ2v) is 10.5. The number of benzene rings is 2. The van der Waals surface area contributed by atoms with Gasteiger partial charge in [0.2, 0.25) is 5.91 Å². The number of nitrogens with one attached hydrogen (secondary N) is 1. The SMILES string of the molecule is COc1ccccc1N1CCN(c2nc(CNC(=O)C3CC34CCCCC4)nc3ccccc23)CC1. The van der Waals surface area contributed by atoms with E-state index >= 15 is 0 Å². The van der Waals surface area contributed by atoms with Crippen molar-refractivity contribution in [1.82, 2.24) is 15.3 Å². The Morgan fingerprint density at radius 2 is 1.69 bits per heavy atom. The maximum absolute atomic E-state index is 12.9. The summed E-state index contributed by atoms with van der Waals surface area (Å²) in [5, 5.41) is 4.22. The second kappa shape index (κ2) is 9.60. The van der Waals surface area contributed by atoms with E-state index in [4.69, 9.17) is 14.7 Å². The topological polar surface area (TPSA) is 70.6 Å². The molecule has 3 aromatic rings. The Hall–Kier alpha value is -3.35. The molecule has 1 amide bonds. The Bertz CT molecular complexity index is 1250. The molecule has 1 N–H and O–H groups in total. The first-order chi connectivity index (χ1) is 17.7. The molecule has 0 bridgehead atoms. The Morgan fingerprint density at radius 1 is 0.972 bits per heavy atom. The molecule has 1 spiro atoms. The molecule has 2 saturated carbocycles. The van der Waals surface area contributed by atoms with Crippen LogP contribution < -0.4 is 19.9 Å². The number of hydrogen-bond acceptors (Lipinski definition) is 6. The molecule has 2 aromatic carbocycles. The summed E-state index contributed by atoms with van der Waals surface area (Å²) in [6.45, 7) is 3.86. The van der Waals surface area contributed by atoms with E-state index in [1.165, 1.54) is 32.1 Å². The summed E-state index contributed by atoms with van der Waals surface area (Å²) >= 11 is 0. The van der Waals surface area contributed by atoms with Crippen molar-refractivity contribution in [3.05, 3.63) is 54.4 Å². The van der Waals surface area contributed by atoms with E-state index in [9.17, 15) is 4.79 Å². The van der Waals surface area contributed by atoms with Crippen molar-refractivity contribution in [2.24, 2.45) is 11.3 Å². The molecule has 3 fully saturated rings. The molecular formula is C29H35N5O2. The van der Waals surface area contributed by atoms with Crippen LogP contribution in [0.15, 0.2) is 48.5 Å². The molecular weight excluding hydrogens is 450 g/mol. The zero-order valence-electron chi connectivity index (χ0n) is 21.1.